The Morgan fingerprint density at radius 3 is 1.54 bits per heavy atom. The quantitative estimate of drug-likeness (QED) is 0.114. The number of hydrogen-bond donors (Lipinski definition) is 3. The standard InChI is InChI=1S/C26H25ClN4OS.C14H8ClNO2S.C12H19N3/c27-22-5-2-6-23-24(22)30-26(33-23)20-4-1-3-19(17-20)25(32)29-14-7-18-10-15-31(16-11-18)21-8-12-28-13-9-21;15-10-5-2-6-11-12(10)16-13(19-11)8-3-1-4-9(7-8)14(17)18;13-6-1-11-4-9-15(10-5-11)12-2-7-14-8-3-12/h1-6,8-9,12-13,17-18H,7,10-11,14-16H2,(H,29,32);1-7H,(H,17,18);2-3,7-8,11H,1,4-6,9-10,13H2. The molecule has 0 saturated carbocycles. The fourth-order valence-electron chi connectivity index (χ4n) is 8.45. The fourth-order valence-corrected chi connectivity index (χ4v) is 11.0. The second-order valence-electron chi connectivity index (χ2n) is 16.6. The SMILES string of the molecule is NCCC1CCN(c2ccncc2)CC1.O=C(NCCC1CCN(c2ccncc2)CC1)c1cccc(-c2nc3c(Cl)cccc3s2)c1.O=C(O)c1cccc(-c2nc3c(Cl)cccc3s2)c1. The van der Waals surface area contributed by atoms with E-state index in [1.54, 1.807) is 35.6 Å². The first-order chi connectivity index (χ1) is 32.7. The van der Waals surface area contributed by atoms with Gasteiger partial charge < -0.3 is 26.0 Å². The zero-order valence-electron chi connectivity index (χ0n) is 36.9. The summed E-state index contributed by atoms with van der Waals surface area (Å²) < 4.78 is 2.03. The van der Waals surface area contributed by atoms with Crippen molar-refractivity contribution in [2.75, 3.05) is 49.1 Å². The molecule has 11 nitrogen and oxygen atoms in total. The summed E-state index contributed by atoms with van der Waals surface area (Å²) in [5.74, 6) is 0.501. The molecule has 0 bridgehead atoms. The third kappa shape index (κ3) is 12.5. The topological polar surface area (TPSA) is 150 Å². The number of anilines is 2. The van der Waals surface area contributed by atoms with E-state index in [1.807, 2.05) is 85.5 Å². The molecule has 4 N–H and O–H groups in total. The van der Waals surface area contributed by atoms with Crippen molar-refractivity contribution in [1.29, 1.82) is 0 Å². The lowest BCUT2D eigenvalue weighted by Crippen LogP contribution is -2.35. The first-order valence-corrected chi connectivity index (χ1v) is 24.9. The van der Waals surface area contributed by atoms with Gasteiger partial charge in [0.05, 0.1) is 25.0 Å². The molecule has 6 heterocycles. The summed E-state index contributed by atoms with van der Waals surface area (Å²) in [5.41, 5.74) is 12.3. The zero-order valence-corrected chi connectivity index (χ0v) is 40.1. The Kier molecular flexibility index (Phi) is 16.4. The van der Waals surface area contributed by atoms with E-state index >= 15 is 0 Å². The molecule has 8 aromatic rings. The monoisotopic (exact) mass is 970 g/mol. The number of para-hydroxylation sites is 2. The summed E-state index contributed by atoms with van der Waals surface area (Å²) in [6.07, 6.45) is 14.5. The molecule has 15 heteroatoms. The van der Waals surface area contributed by atoms with Gasteiger partial charge in [-0.05, 0) is 130 Å². The molecule has 4 aromatic carbocycles. The molecule has 0 aliphatic carbocycles. The second-order valence-corrected chi connectivity index (χ2v) is 19.4. The van der Waals surface area contributed by atoms with Crippen molar-refractivity contribution in [3.8, 4) is 21.1 Å². The molecule has 344 valence electrons. The number of nitrogens with one attached hydrogen (secondary N) is 1. The minimum atomic E-state index is -0.944. The molecule has 2 aliphatic rings. The molecule has 10 rings (SSSR count). The van der Waals surface area contributed by atoms with Crippen LogP contribution in [0.15, 0.2) is 134 Å². The van der Waals surface area contributed by atoms with Gasteiger partial charge in [-0.15, -0.1) is 22.7 Å². The van der Waals surface area contributed by atoms with Gasteiger partial charge in [0.15, 0.2) is 0 Å². The molecule has 0 spiro atoms. The lowest BCUT2D eigenvalue weighted by molar-refractivity contribution is 0.0696. The molecule has 0 radical (unpaired) electrons. The molecule has 2 fully saturated rings. The van der Waals surface area contributed by atoms with E-state index < -0.39 is 5.97 Å². The van der Waals surface area contributed by atoms with Crippen LogP contribution in [0.1, 0.15) is 59.2 Å². The van der Waals surface area contributed by atoms with Crippen LogP contribution < -0.4 is 20.9 Å². The predicted molar refractivity (Wildman–Crippen MR) is 276 cm³/mol. The number of hydrogen-bond acceptors (Lipinski definition) is 11. The van der Waals surface area contributed by atoms with Crippen LogP contribution in [0, 0.1) is 11.8 Å². The van der Waals surface area contributed by atoms with Gasteiger partial charge in [0.2, 0.25) is 0 Å². The van der Waals surface area contributed by atoms with Gasteiger partial charge in [-0.25, -0.2) is 14.8 Å². The van der Waals surface area contributed by atoms with E-state index in [1.165, 1.54) is 42.0 Å². The molecule has 2 aliphatic heterocycles. The summed E-state index contributed by atoms with van der Waals surface area (Å²) in [5, 5.41) is 15.0. The second kappa shape index (κ2) is 23.2. The summed E-state index contributed by atoms with van der Waals surface area (Å²) in [4.78, 5) is 45.9. The van der Waals surface area contributed by atoms with E-state index in [9.17, 15) is 9.59 Å². The Bertz CT molecular complexity index is 2880. The molecular weight excluding hydrogens is 920 g/mol. The normalized spacial score (nSPS) is 14.3. The Hall–Kier alpha value is -5.96. The summed E-state index contributed by atoms with van der Waals surface area (Å²) >= 11 is 15.4. The van der Waals surface area contributed by atoms with Gasteiger partial charge >= 0.3 is 5.97 Å². The van der Waals surface area contributed by atoms with Crippen LogP contribution >= 0.6 is 45.9 Å². The van der Waals surface area contributed by atoms with Gasteiger partial charge in [0.25, 0.3) is 5.91 Å². The first-order valence-electron chi connectivity index (χ1n) is 22.5. The number of pyridine rings is 2. The Labute approximate surface area is 408 Å². The number of piperidine rings is 2. The van der Waals surface area contributed by atoms with Crippen LogP contribution in [-0.4, -0.2) is 76.2 Å². The molecule has 4 aromatic heterocycles. The maximum atomic E-state index is 12.8. The molecule has 67 heavy (non-hydrogen) atoms. The van der Waals surface area contributed by atoms with E-state index in [0.717, 1.165) is 99.5 Å². The number of carboxylic acid groups (broad SMARTS) is 1. The molecule has 2 saturated heterocycles. The Morgan fingerprint density at radius 1 is 0.627 bits per heavy atom. The number of halogens is 2. The highest BCUT2D eigenvalue weighted by Crippen LogP contribution is 2.35. The Morgan fingerprint density at radius 2 is 1.07 bits per heavy atom. The van der Waals surface area contributed by atoms with Crippen LogP contribution in [0.3, 0.4) is 0 Å². The molecular formula is C52H52Cl2N8O3S2. The number of nitrogens with two attached hydrogens (primary N) is 1. The minimum Gasteiger partial charge on any atom is -0.478 e. The van der Waals surface area contributed by atoms with Gasteiger partial charge in [0.1, 0.15) is 21.0 Å². The van der Waals surface area contributed by atoms with Gasteiger partial charge in [-0.1, -0.05) is 59.6 Å². The molecule has 0 atom stereocenters. The van der Waals surface area contributed by atoms with Crippen LogP contribution in [0.5, 0.6) is 0 Å². The molecule has 0 unspecified atom stereocenters. The van der Waals surface area contributed by atoms with Crippen molar-refractivity contribution in [2.45, 2.75) is 38.5 Å². The van der Waals surface area contributed by atoms with Crippen molar-refractivity contribution >= 4 is 89.6 Å². The van der Waals surface area contributed by atoms with Crippen molar-refractivity contribution < 1.29 is 14.7 Å². The minimum absolute atomic E-state index is 0.0368. The van der Waals surface area contributed by atoms with Crippen molar-refractivity contribution in [3.63, 3.8) is 0 Å². The predicted octanol–water partition coefficient (Wildman–Crippen LogP) is 12.0. The van der Waals surface area contributed by atoms with Gasteiger partial charge in [0, 0.05) is 85.6 Å². The number of aromatic carboxylic acids is 1. The van der Waals surface area contributed by atoms with Crippen molar-refractivity contribution in [3.05, 3.63) is 155 Å². The van der Waals surface area contributed by atoms with Crippen molar-refractivity contribution in [2.24, 2.45) is 17.6 Å². The maximum absolute atomic E-state index is 12.8. The van der Waals surface area contributed by atoms with Crippen LogP contribution in [0.2, 0.25) is 10.0 Å². The highest BCUT2D eigenvalue weighted by Gasteiger charge is 2.21. The number of carboxylic acids is 1. The van der Waals surface area contributed by atoms with E-state index in [-0.39, 0.29) is 11.5 Å². The largest absolute Gasteiger partial charge is 0.478 e. The molecule has 1 amide bonds. The highest BCUT2D eigenvalue weighted by molar-refractivity contribution is 7.22. The number of aromatic nitrogens is 4. The van der Waals surface area contributed by atoms with Crippen LogP contribution in [-0.2, 0) is 0 Å². The number of amides is 1. The lowest BCUT2D eigenvalue weighted by Gasteiger charge is -2.33. The summed E-state index contributed by atoms with van der Waals surface area (Å²) in [6, 6.07) is 34.1. The number of carbonyl (C=O) groups excluding carboxylic acids is 1. The van der Waals surface area contributed by atoms with Crippen LogP contribution in [0.4, 0.5) is 11.4 Å². The average molecular weight is 972 g/mol. The third-order valence-corrected chi connectivity index (χ3v) is 14.9. The summed E-state index contributed by atoms with van der Waals surface area (Å²) in [6.45, 7) is 5.96. The maximum Gasteiger partial charge on any atom is 0.335 e. The fraction of sp³-hybridized carbons (Fsp3) is 0.269. The highest BCUT2D eigenvalue weighted by atomic mass is 35.5. The first kappa shape index (κ1) is 47.5. The van der Waals surface area contributed by atoms with Gasteiger partial charge in [-0.2, -0.15) is 0 Å². The lowest BCUT2D eigenvalue weighted by atomic mass is 9.93. The Balaban J connectivity index is 0.000000151. The number of carbonyl (C=O) groups is 2. The number of fused-ring (bicyclic) bond motifs is 2. The summed E-state index contributed by atoms with van der Waals surface area (Å²) in [7, 11) is 0. The zero-order chi connectivity index (χ0) is 46.5. The van der Waals surface area contributed by atoms with Crippen LogP contribution in [0.25, 0.3) is 41.6 Å². The van der Waals surface area contributed by atoms with E-state index in [2.05, 4.69) is 59.3 Å². The smallest absolute Gasteiger partial charge is 0.335 e. The number of nitrogens with zero attached hydrogens (tertiary/aromatic N) is 6. The van der Waals surface area contributed by atoms with Gasteiger partial charge in [-0.3, -0.25) is 14.8 Å². The third-order valence-electron chi connectivity index (χ3n) is 12.2. The number of benzene rings is 4. The average Bonchev–Trinajstić information content (AvgIpc) is 4.03. The number of rotatable bonds is 11. The van der Waals surface area contributed by atoms with Crippen molar-refractivity contribution in [1.82, 2.24) is 25.3 Å². The number of thiazole rings is 2. The van der Waals surface area contributed by atoms with E-state index in [4.69, 9.17) is 34.0 Å². The van der Waals surface area contributed by atoms with E-state index in [0.29, 0.717) is 28.1 Å².